The zero-order valence-corrected chi connectivity index (χ0v) is 15.1. The standard InChI is InChI=1S/C19H18N2O3S/c1-12-7-8-15(9-13(12)2)17-20-21-19(24-17)25-11-14-5-4-6-16(10-14)18(22)23-3/h4-10H,11H2,1-3H3. The normalized spacial score (nSPS) is 10.7. The topological polar surface area (TPSA) is 65.2 Å². The Hall–Kier alpha value is -2.60. The first-order valence-corrected chi connectivity index (χ1v) is 8.76. The lowest BCUT2D eigenvalue weighted by molar-refractivity contribution is 0.0600. The van der Waals surface area contributed by atoms with E-state index < -0.39 is 0 Å². The van der Waals surface area contributed by atoms with Crippen LogP contribution in [0.15, 0.2) is 52.1 Å². The molecule has 25 heavy (non-hydrogen) atoms. The summed E-state index contributed by atoms with van der Waals surface area (Å²) in [6.45, 7) is 4.12. The number of carbonyl (C=O) groups is 1. The van der Waals surface area contributed by atoms with Crippen LogP contribution in [0.4, 0.5) is 0 Å². The third-order valence-electron chi connectivity index (χ3n) is 3.87. The van der Waals surface area contributed by atoms with Crippen LogP contribution in [0.25, 0.3) is 11.5 Å². The van der Waals surface area contributed by atoms with Crippen molar-refractivity contribution in [2.24, 2.45) is 0 Å². The zero-order valence-electron chi connectivity index (χ0n) is 14.3. The summed E-state index contributed by atoms with van der Waals surface area (Å²) in [5.41, 5.74) is 4.84. The van der Waals surface area contributed by atoms with Crippen molar-refractivity contribution in [2.75, 3.05) is 7.11 Å². The van der Waals surface area contributed by atoms with Crippen LogP contribution >= 0.6 is 11.8 Å². The van der Waals surface area contributed by atoms with Gasteiger partial charge in [-0.15, -0.1) is 10.2 Å². The molecule has 6 heteroatoms. The Bertz CT molecular complexity index is 905. The van der Waals surface area contributed by atoms with Crippen LogP contribution < -0.4 is 0 Å². The van der Waals surface area contributed by atoms with Crippen LogP contribution in [0.5, 0.6) is 0 Å². The van der Waals surface area contributed by atoms with Gasteiger partial charge in [-0.2, -0.15) is 0 Å². The summed E-state index contributed by atoms with van der Waals surface area (Å²) >= 11 is 1.43. The Morgan fingerprint density at radius 2 is 1.96 bits per heavy atom. The van der Waals surface area contributed by atoms with E-state index >= 15 is 0 Å². The van der Waals surface area contributed by atoms with E-state index in [1.807, 2.05) is 30.3 Å². The van der Waals surface area contributed by atoms with Crippen molar-refractivity contribution in [3.05, 3.63) is 64.7 Å². The van der Waals surface area contributed by atoms with Crippen molar-refractivity contribution in [3.63, 3.8) is 0 Å². The van der Waals surface area contributed by atoms with Gasteiger partial charge in [0.25, 0.3) is 5.22 Å². The predicted molar refractivity (Wildman–Crippen MR) is 96.6 cm³/mol. The molecule has 1 aromatic heterocycles. The summed E-state index contributed by atoms with van der Waals surface area (Å²) in [5, 5.41) is 8.70. The second-order valence-corrected chi connectivity index (χ2v) is 6.58. The van der Waals surface area contributed by atoms with Gasteiger partial charge in [0, 0.05) is 11.3 Å². The molecule has 0 atom stereocenters. The predicted octanol–water partition coefficient (Wildman–Crippen LogP) is 4.43. The quantitative estimate of drug-likeness (QED) is 0.499. The van der Waals surface area contributed by atoms with Crippen LogP contribution in [0, 0.1) is 13.8 Å². The van der Waals surface area contributed by atoms with Crippen LogP contribution in [-0.4, -0.2) is 23.3 Å². The van der Waals surface area contributed by atoms with Crippen molar-refractivity contribution >= 4 is 17.7 Å². The first-order chi connectivity index (χ1) is 12.1. The maximum atomic E-state index is 11.6. The van der Waals surface area contributed by atoms with E-state index in [0.717, 1.165) is 11.1 Å². The number of benzene rings is 2. The van der Waals surface area contributed by atoms with E-state index in [4.69, 9.17) is 9.15 Å². The molecule has 0 bridgehead atoms. The van der Waals surface area contributed by atoms with Gasteiger partial charge in [0.15, 0.2) is 0 Å². The summed E-state index contributed by atoms with van der Waals surface area (Å²) in [4.78, 5) is 11.6. The molecule has 1 heterocycles. The number of carbonyl (C=O) groups excluding carboxylic acids is 1. The van der Waals surface area contributed by atoms with E-state index in [1.54, 1.807) is 12.1 Å². The van der Waals surface area contributed by atoms with Gasteiger partial charge in [0.05, 0.1) is 12.7 Å². The van der Waals surface area contributed by atoms with E-state index in [0.29, 0.717) is 22.4 Å². The minimum absolute atomic E-state index is 0.346. The molecule has 0 unspecified atom stereocenters. The first-order valence-electron chi connectivity index (χ1n) is 7.78. The zero-order chi connectivity index (χ0) is 17.8. The van der Waals surface area contributed by atoms with E-state index in [-0.39, 0.29) is 5.97 Å². The fraction of sp³-hybridized carbons (Fsp3) is 0.211. The Morgan fingerprint density at radius 1 is 1.12 bits per heavy atom. The molecule has 0 radical (unpaired) electrons. The SMILES string of the molecule is COC(=O)c1cccc(CSc2nnc(-c3ccc(C)c(C)c3)o2)c1. The van der Waals surface area contributed by atoms with Crippen molar-refractivity contribution in [3.8, 4) is 11.5 Å². The lowest BCUT2D eigenvalue weighted by Gasteiger charge is -2.02. The minimum Gasteiger partial charge on any atom is -0.465 e. The Kier molecular flexibility index (Phi) is 5.19. The van der Waals surface area contributed by atoms with Gasteiger partial charge in [-0.25, -0.2) is 4.79 Å². The molecule has 0 spiro atoms. The molecule has 0 saturated carbocycles. The molecule has 3 aromatic rings. The molecule has 0 N–H and O–H groups in total. The molecule has 128 valence electrons. The minimum atomic E-state index is -0.346. The van der Waals surface area contributed by atoms with E-state index in [9.17, 15) is 4.79 Å². The fourth-order valence-electron chi connectivity index (χ4n) is 2.31. The number of esters is 1. The molecule has 2 aromatic carbocycles. The van der Waals surface area contributed by atoms with Gasteiger partial charge in [-0.1, -0.05) is 30.0 Å². The second-order valence-electron chi connectivity index (χ2n) is 5.65. The third kappa shape index (κ3) is 4.09. The monoisotopic (exact) mass is 354 g/mol. The number of thioether (sulfide) groups is 1. The van der Waals surface area contributed by atoms with Crippen LogP contribution in [0.3, 0.4) is 0 Å². The summed E-state index contributed by atoms with van der Waals surface area (Å²) in [7, 11) is 1.37. The number of methoxy groups -OCH3 is 1. The molecular weight excluding hydrogens is 336 g/mol. The number of nitrogens with zero attached hydrogens (tertiary/aromatic N) is 2. The number of ether oxygens (including phenoxy) is 1. The van der Waals surface area contributed by atoms with Crippen molar-refractivity contribution in [2.45, 2.75) is 24.8 Å². The molecule has 0 aliphatic carbocycles. The smallest absolute Gasteiger partial charge is 0.337 e. The first kappa shape index (κ1) is 17.2. The van der Waals surface area contributed by atoms with Crippen LogP contribution in [-0.2, 0) is 10.5 Å². The van der Waals surface area contributed by atoms with Crippen LogP contribution in [0.2, 0.25) is 0 Å². The Labute approximate surface area is 150 Å². The molecule has 0 aliphatic rings. The summed E-state index contributed by atoms with van der Waals surface area (Å²) in [6, 6.07) is 13.4. The van der Waals surface area contributed by atoms with Crippen molar-refractivity contribution < 1.29 is 13.9 Å². The summed E-state index contributed by atoms with van der Waals surface area (Å²) in [5.74, 6) is 0.787. The number of hydrogen-bond acceptors (Lipinski definition) is 6. The maximum absolute atomic E-state index is 11.6. The average Bonchev–Trinajstić information content (AvgIpc) is 3.11. The van der Waals surface area contributed by atoms with Crippen molar-refractivity contribution in [1.29, 1.82) is 0 Å². The van der Waals surface area contributed by atoms with E-state index in [2.05, 4.69) is 24.0 Å². The molecule has 0 aliphatic heterocycles. The van der Waals surface area contributed by atoms with E-state index in [1.165, 1.54) is 30.0 Å². The third-order valence-corrected chi connectivity index (χ3v) is 4.76. The number of aromatic nitrogens is 2. The Balaban J connectivity index is 1.70. The number of aryl methyl sites for hydroxylation is 2. The molecule has 5 nitrogen and oxygen atoms in total. The van der Waals surface area contributed by atoms with Gasteiger partial charge in [0.1, 0.15) is 0 Å². The van der Waals surface area contributed by atoms with Gasteiger partial charge < -0.3 is 9.15 Å². The van der Waals surface area contributed by atoms with Crippen LogP contribution in [0.1, 0.15) is 27.0 Å². The lowest BCUT2D eigenvalue weighted by Crippen LogP contribution is -2.01. The number of rotatable bonds is 5. The largest absolute Gasteiger partial charge is 0.465 e. The average molecular weight is 354 g/mol. The highest BCUT2D eigenvalue weighted by molar-refractivity contribution is 7.98. The second kappa shape index (κ2) is 7.53. The number of hydrogen-bond donors (Lipinski definition) is 0. The van der Waals surface area contributed by atoms with Gasteiger partial charge in [-0.3, -0.25) is 0 Å². The highest BCUT2D eigenvalue weighted by atomic mass is 32.2. The lowest BCUT2D eigenvalue weighted by atomic mass is 10.1. The van der Waals surface area contributed by atoms with Gasteiger partial charge in [0.2, 0.25) is 5.89 Å². The molecule has 0 amide bonds. The highest BCUT2D eigenvalue weighted by Gasteiger charge is 2.11. The molecule has 3 rings (SSSR count). The fourth-order valence-corrected chi connectivity index (χ4v) is 3.02. The molecule has 0 saturated heterocycles. The highest BCUT2D eigenvalue weighted by Crippen LogP contribution is 2.27. The van der Waals surface area contributed by atoms with Gasteiger partial charge in [-0.05, 0) is 54.8 Å². The molecule has 0 fully saturated rings. The van der Waals surface area contributed by atoms with Gasteiger partial charge >= 0.3 is 5.97 Å². The summed E-state index contributed by atoms with van der Waals surface area (Å²) in [6.07, 6.45) is 0. The maximum Gasteiger partial charge on any atom is 0.337 e. The van der Waals surface area contributed by atoms with Crippen molar-refractivity contribution in [1.82, 2.24) is 10.2 Å². The Morgan fingerprint density at radius 3 is 2.72 bits per heavy atom. The summed E-state index contributed by atoms with van der Waals surface area (Å²) < 4.78 is 10.5. The molecular formula is C19H18N2O3S.